The fourth-order valence-corrected chi connectivity index (χ4v) is 2.38. The second kappa shape index (κ2) is 8.51. The van der Waals surface area contributed by atoms with Crippen LogP contribution in [0, 0.1) is 6.92 Å². The van der Waals surface area contributed by atoms with Crippen molar-refractivity contribution in [3.05, 3.63) is 65.2 Å². The Hall–Kier alpha value is -2.83. The van der Waals surface area contributed by atoms with Crippen LogP contribution in [0.5, 0.6) is 0 Å². The third-order valence-corrected chi connectivity index (χ3v) is 3.66. The molecule has 0 atom stereocenters. The van der Waals surface area contributed by atoms with Crippen molar-refractivity contribution in [1.29, 1.82) is 0 Å². The molecule has 0 aliphatic heterocycles. The Morgan fingerprint density at radius 1 is 1.00 bits per heavy atom. The first kappa shape index (κ1) is 19.5. The average Bonchev–Trinajstić information content (AvgIpc) is 2.58. The lowest BCUT2D eigenvalue weighted by Gasteiger charge is -2.10. The van der Waals surface area contributed by atoms with Gasteiger partial charge in [-0.3, -0.25) is 9.59 Å². The van der Waals surface area contributed by atoms with E-state index in [0.717, 1.165) is 11.1 Å². The van der Waals surface area contributed by atoms with Gasteiger partial charge in [-0.15, -0.1) is 0 Å². The molecule has 2 N–H and O–H groups in total. The molecule has 0 bridgehead atoms. The molecule has 26 heavy (non-hydrogen) atoms. The van der Waals surface area contributed by atoms with Crippen molar-refractivity contribution >= 4 is 17.5 Å². The van der Waals surface area contributed by atoms with E-state index in [1.54, 1.807) is 11.4 Å². The van der Waals surface area contributed by atoms with Crippen molar-refractivity contribution in [2.24, 2.45) is 0 Å². The lowest BCUT2D eigenvalue weighted by Crippen LogP contribution is -2.30. The number of benzene rings is 2. The summed E-state index contributed by atoms with van der Waals surface area (Å²) in [6.45, 7) is 2.15. The van der Waals surface area contributed by atoms with Gasteiger partial charge in [-0.1, -0.05) is 42.0 Å². The zero-order valence-corrected chi connectivity index (χ0v) is 14.2. The molecule has 0 aromatic heterocycles. The number of aryl methyl sites for hydroxylation is 2. The first-order chi connectivity index (χ1) is 12.2. The van der Waals surface area contributed by atoms with Gasteiger partial charge in [0.05, 0.1) is 0 Å². The van der Waals surface area contributed by atoms with Crippen LogP contribution in [0.25, 0.3) is 0 Å². The van der Waals surface area contributed by atoms with Crippen LogP contribution in [0.3, 0.4) is 0 Å². The van der Waals surface area contributed by atoms with Gasteiger partial charge in [-0.2, -0.15) is 13.2 Å². The van der Waals surface area contributed by atoms with E-state index in [-0.39, 0.29) is 18.1 Å². The minimum Gasteiger partial charge on any atom is -0.352 e. The fraction of sp³-hybridized carbons (Fsp3) is 0.263. The molecule has 2 aromatic carbocycles. The molecule has 4 nitrogen and oxygen atoms in total. The quantitative estimate of drug-likeness (QED) is 0.820. The SMILES string of the molecule is Cc1cccc(CCC(=O)NCc2cccc(NC(=O)C(F)(F)F)c2)c1. The molecular weight excluding hydrogens is 345 g/mol. The van der Waals surface area contributed by atoms with Gasteiger partial charge in [0.15, 0.2) is 0 Å². The first-order valence-electron chi connectivity index (χ1n) is 8.03. The second-order valence-corrected chi connectivity index (χ2v) is 5.92. The number of hydrogen-bond donors (Lipinski definition) is 2. The van der Waals surface area contributed by atoms with Gasteiger partial charge in [0, 0.05) is 18.7 Å². The van der Waals surface area contributed by atoms with Crippen molar-refractivity contribution in [2.75, 3.05) is 5.32 Å². The lowest BCUT2D eigenvalue weighted by atomic mass is 10.1. The van der Waals surface area contributed by atoms with E-state index < -0.39 is 12.1 Å². The van der Waals surface area contributed by atoms with Crippen LogP contribution in [0.15, 0.2) is 48.5 Å². The van der Waals surface area contributed by atoms with E-state index >= 15 is 0 Å². The molecule has 0 heterocycles. The summed E-state index contributed by atoms with van der Waals surface area (Å²) in [5, 5.41) is 4.51. The van der Waals surface area contributed by atoms with Gasteiger partial charge in [-0.25, -0.2) is 0 Å². The smallest absolute Gasteiger partial charge is 0.352 e. The number of alkyl halides is 3. The number of carbonyl (C=O) groups is 2. The molecule has 0 saturated heterocycles. The van der Waals surface area contributed by atoms with Crippen LogP contribution < -0.4 is 10.6 Å². The fourth-order valence-electron chi connectivity index (χ4n) is 2.38. The minimum absolute atomic E-state index is 0.0267. The summed E-state index contributed by atoms with van der Waals surface area (Å²) in [7, 11) is 0. The number of halogens is 3. The summed E-state index contributed by atoms with van der Waals surface area (Å²) in [6.07, 6.45) is -4.02. The van der Waals surface area contributed by atoms with E-state index in [9.17, 15) is 22.8 Å². The average molecular weight is 364 g/mol. The highest BCUT2D eigenvalue weighted by molar-refractivity contribution is 5.94. The molecule has 2 aromatic rings. The molecule has 138 valence electrons. The largest absolute Gasteiger partial charge is 0.471 e. The molecule has 0 saturated carbocycles. The molecule has 2 rings (SSSR count). The van der Waals surface area contributed by atoms with E-state index in [2.05, 4.69) is 5.32 Å². The Balaban J connectivity index is 1.84. The molecule has 2 amide bonds. The Morgan fingerprint density at radius 3 is 2.38 bits per heavy atom. The van der Waals surface area contributed by atoms with Crippen LogP contribution in [-0.4, -0.2) is 18.0 Å². The molecule has 0 aliphatic rings. The summed E-state index contributed by atoms with van der Waals surface area (Å²) in [4.78, 5) is 22.9. The maximum Gasteiger partial charge on any atom is 0.471 e. The number of hydrogen-bond acceptors (Lipinski definition) is 2. The van der Waals surface area contributed by atoms with Crippen LogP contribution in [0.4, 0.5) is 18.9 Å². The van der Waals surface area contributed by atoms with E-state index in [0.29, 0.717) is 18.4 Å². The molecule has 0 aliphatic carbocycles. The molecule has 0 radical (unpaired) electrons. The predicted octanol–water partition coefficient (Wildman–Crippen LogP) is 3.74. The highest BCUT2D eigenvalue weighted by Gasteiger charge is 2.38. The summed E-state index contributed by atoms with van der Waals surface area (Å²) in [6, 6.07) is 13.8. The minimum atomic E-state index is -4.94. The van der Waals surface area contributed by atoms with Crippen molar-refractivity contribution in [1.82, 2.24) is 5.32 Å². The predicted molar refractivity (Wildman–Crippen MR) is 92.5 cm³/mol. The van der Waals surface area contributed by atoms with E-state index in [1.165, 1.54) is 18.2 Å². The molecular formula is C19H19F3N2O2. The Bertz CT molecular complexity index is 788. The highest BCUT2D eigenvalue weighted by Crippen LogP contribution is 2.19. The maximum absolute atomic E-state index is 12.3. The van der Waals surface area contributed by atoms with E-state index in [4.69, 9.17) is 0 Å². The van der Waals surface area contributed by atoms with Crippen molar-refractivity contribution in [3.63, 3.8) is 0 Å². The lowest BCUT2D eigenvalue weighted by molar-refractivity contribution is -0.167. The molecule has 7 heteroatoms. The third-order valence-electron chi connectivity index (χ3n) is 3.66. The van der Waals surface area contributed by atoms with Gasteiger partial charge in [0.1, 0.15) is 0 Å². The summed E-state index contributed by atoms with van der Waals surface area (Å²) >= 11 is 0. The second-order valence-electron chi connectivity index (χ2n) is 5.92. The monoisotopic (exact) mass is 364 g/mol. The number of amides is 2. The van der Waals surface area contributed by atoms with Crippen molar-refractivity contribution in [3.8, 4) is 0 Å². The number of nitrogens with one attached hydrogen (secondary N) is 2. The first-order valence-corrected chi connectivity index (χ1v) is 8.03. The van der Waals surface area contributed by atoms with Gasteiger partial charge in [0.2, 0.25) is 5.91 Å². The molecule has 0 spiro atoms. The topological polar surface area (TPSA) is 58.2 Å². The third kappa shape index (κ3) is 6.23. The van der Waals surface area contributed by atoms with Crippen LogP contribution in [0.1, 0.15) is 23.1 Å². The van der Waals surface area contributed by atoms with Crippen LogP contribution in [-0.2, 0) is 22.6 Å². The van der Waals surface area contributed by atoms with Crippen molar-refractivity contribution in [2.45, 2.75) is 32.5 Å². The number of anilines is 1. The number of rotatable bonds is 6. The van der Waals surface area contributed by atoms with Gasteiger partial charge >= 0.3 is 12.1 Å². The summed E-state index contributed by atoms with van der Waals surface area (Å²) in [5.74, 6) is -2.19. The standard InChI is InChI=1S/C19H19F3N2O2/c1-13-4-2-5-14(10-13)8-9-17(25)23-12-15-6-3-7-16(11-15)24-18(26)19(20,21)22/h2-7,10-11H,8-9,12H2,1H3,(H,23,25)(H,24,26). The normalized spacial score (nSPS) is 11.1. The zero-order valence-electron chi connectivity index (χ0n) is 14.2. The van der Waals surface area contributed by atoms with Gasteiger partial charge in [0.25, 0.3) is 0 Å². The van der Waals surface area contributed by atoms with Gasteiger partial charge in [-0.05, 0) is 36.6 Å². The molecule has 0 unspecified atom stereocenters. The Morgan fingerprint density at radius 2 is 1.69 bits per heavy atom. The Labute approximate surface area is 149 Å². The van der Waals surface area contributed by atoms with E-state index in [1.807, 2.05) is 31.2 Å². The summed E-state index contributed by atoms with van der Waals surface area (Å²) < 4.78 is 36.8. The molecule has 0 fully saturated rings. The number of carbonyl (C=O) groups excluding carboxylic acids is 2. The van der Waals surface area contributed by atoms with Crippen LogP contribution in [0.2, 0.25) is 0 Å². The zero-order chi connectivity index (χ0) is 19.2. The van der Waals surface area contributed by atoms with Crippen molar-refractivity contribution < 1.29 is 22.8 Å². The van der Waals surface area contributed by atoms with Crippen LogP contribution >= 0.6 is 0 Å². The van der Waals surface area contributed by atoms with Gasteiger partial charge < -0.3 is 10.6 Å². The highest BCUT2D eigenvalue weighted by atomic mass is 19.4. The summed E-state index contributed by atoms with van der Waals surface area (Å²) in [5.41, 5.74) is 2.81. The Kier molecular flexibility index (Phi) is 6.38. The maximum atomic E-state index is 12.3.